The Morgan fingerprint density at radius 3 is 2.53 bits per heavy atom. The van der Waals surface area contributed by atoms with Crippen LogP contribution >= 0.6 is 24.0 Å². The van der Waals surface area contributed by atoms with Crippen LogP contribution in [0.15, 0.2) is 57.5 Å². The third kappa shape index (κ3) is 3.46. The Balaban J connectivity index is 2.13. The third-order valence-corrected chi connectivity index (χ3v) is 2.98. The molecule has 0 N–H and O–H groups in total. The van der Waals surface area contributed by atoms with Crippen LogP contribution in [-0.2, 0) is 0 Å². The molecule has 0 atom stereocenters. The SMILES string of the molecule is Fc1ccc(Sc2ccc(N=C=S)cn2)cc1. The average Bonchev–Trinajstić information content (AvgIpc) is 2.35. The molecule has 0 saturated heterocycles. The molecule has 0 unspecified atom stereocenters. The molecule has 84 valence electrons. The fourth-order valence-corrected chi connectivity index (χ4v) is 2.04. The van der Waals surface area contributed by atoms with E-state index in [1.54, 1.807) is 24.4 Å². The van der Waals surface area contributed by atoms with Crippen molar-refractivity contribution in [2.75, 3.05) is 0 Å². The molecule has 5 heteroatoms. The third-order valence-electron chi connectivity index (χ3n) is 1.93. The number of aliphatic imine (C=N–C) groups is 1. The number of thiocarbonyl (C=S) groups is 1. The Hall–Kier alpha value is -1.55. The van der Waals surface area contributed by atoms with Crippen LogP contribution in [0.25, 0.3) is 0 Å². The van der Waals surface area contributed by atoms with Crippen LogP contribution in [0.4, 0.5) is 10.1 Å². The van der Waals surface area contributed by atoms with E-state index >= 15 is 0 Å². The van der Waals surface area contributed by atoms with Gasteiger partial charge < -0.3 is 0 Å². The molecule has 0 aliphatic carbocycles. The highest BCUT2D eigenvalue weighted by Crippen LogP contribution is 2.26. The molecular weight excluding hydrogens is 255 g/mol. The van der Waals surface area contributed by atoms with Crippen molar-refractivity contribution in [2.45, 2.75) is 9.92 Å². The van der Waals surface area contributed by atoms with Gasteiger partial charge in [0.15, 0.2) is 0 Å². The van der Waals surface area contributed by atoms with Crippen molar-refractivity contribution in [1.29, 1.82) is 0 Å². The van der Waals surface area contributed by atoms with Crippen molar-refractivity contribution >= 4 is 34.8 Å². The summed E-state index contributed by atoms with van der Waals surface area (Å²) in [5, 5.41) is 3.10. The van der Waals surface area contributed by atoms with E-state index in [4.69, 9.17) is 0 Å². The lowest BCUT2D eigenvalue weighted by Crippen LogP contribution is -1.79. The standard InChI is InChI=1S/C12H7FN2S2/c13-9-1-4-11(5-2-9)17-12-6-3-10(7-14-12)15-8-16/h1-7H. The number of aromatic nitrogens is 1. The van der Waals surface area contributed by atoms with E-state index in [2.05, 4.69) is 27.4 Å². The summed E-state index contributed by atoms with van der Waals surface area (Å²) in [5.74, 6) is -0.243. The summed E-state index contributed by atoms with van der Waals surface area (Å²) < 4.78 is 12.7. The first kappa shape index (κ1) is 11.9. The quantitative estimate of drug-likeness (QED) is 0.615. The second-order valence-electron chi connectivity index (χ2n) is 3.11. The van der Waals surface area contributed by atoms with Crippen LogP contribution in [0.2, 0.25) is 0 Å². The molecule has 1 aromatic carbocycles. The van der Waals surface area contributed by atoms with Gasteiger partial charge in [0.05, 0.1) is 17.0 Å². The van der Waals surface area contributed by atoms with Gasteiger partial charge in [0.2, 0.25) is 0 Å². The smallest absolute Gasteiger partial charge is 0.123 e. The van der Waals surface area contributed by atoms with Gasteiger partial charge in [-0.2, -0.15) is 4.99 Å². The number of hydrogen-bond donors (Lipinski definition) is 0. The molecule has 0 aliphatic heterocycles. The van der Waals surface area contributed by atoms with E-state index in [1.165, 1.54) is 23.9 Å². The van der Waals surface area contributed by atoms with E-state index in [9.17, 15) is 4.39 Å². The van der Waals surface area contributed by atoms with E-state index < -0.39 is 0 Å². The van der Waals surface area contributed by atoms with E-state index in [-0.39, 0.29) is 5.82 Å². The maximum Gasteiger partial charge on any atom is 0.123 e. The summed E-state index contributed by atoms with van der Waals surface area (Å²) in [6, 6.07) is 9.91. The van der Waals surface area contributed by atoms with Crippen LogP contribution in [-0.4, -0.2) is 10.1 Å². The number of pyridine rings is 1. The number of halogens is 1. The normalized spacial score (nSPS) is 9.71. The second kappa shape index (κ2) is 5.68. The molecule has 0 radical (unpaired) electrons. The van der Waals surface area contributed by atoms with Gasteiger partial charge in [-0.1, -0.05) is 11.8 Å². The summed E-state index contributed by atoms with van der Waals surface area (Å²) in [7, 11) is 0. The Labute approximate surface area is 108 Å². The number of nitrogens with zero attached hydrogens (tertiary/aromatic N) is 2. The van der Waals surface area contributed by atoms with Crippen molar-refractivity contribution in [3.63, 3.8) is 0 Å². The molecule has 2 aromatic rings. The number of hydrogen-bond acceptors (Lipinski definition) is 4. The minimum atomic E-state index is -0.243. The van der Waals surface area contributed by atoms with Crippen molar-refractivity contribution in [3.8, 4) is 0 Å². The molecule has 1 heterocycles. The van der Waals surface area contributed by atoms with E-state index in [1.807, 2.05) is 6.07 Å². The van der Waals surface area contributed by atoms with Gasteiger partial charge >= 0.3 is 0 Å². The first-order valence-electron chi connectivity index (χ1n) is 4.75. The fourth-order valence-electron chi connectivity index (χ4n) is 1.18. The minimum Gasteiger partial charge on any atom is -0.247 e. The Morgan fingerprint density at radius 2 is 1.94 bits per heavy atom. The lowest BCUT2D eigenvalue weighted by atomic mass is 10.4. The van der Waals surface area contributed by atoms with Crippen molar-refractivity contribution < 1.29 is 4.39 Å². The Bertz CT molecular complexity index is 546. The van der Waals surface area contributed by atoms with Gasteiger partial charge in [-0.25, -0.2) is 9.37 Å². The van der Waals surface area contributed by atoms with Crippen molar-refractivity contribution in [1.82, 2.24) is 4.98 Å². The monoisotopic (exact) mass is 262 g/mol. The molecule has 0 amide bonds. The van der Waals surface area contributed by atoms with Crippen LogP contribution in [0.5, 0.6) is 0 Å². The topological polar surface area (TPSA) is 25.2 Å². The summed E-state index contributed by atoms with van der Waals surface area (Å²) in [4.78, 5) is 8.95. The van der Waals surface area contributed by atoms with E-state index in [0.717, 1.165) is 9.92 Å². The molecule has 2 nitrogen and oxygen atoms in total. The minimum absolute atomic E-state index is 0.243. The first-order chi connectivity index (χ1) is 8.28. The Morgan fingerprint density at radius 1 is 1.18 bits per heavy atom. The van der Waals surface area contributed by atoms with Gasteiger partial charge in [0, 0.05) is 4.90 Å². The largest absolute Gasteiger partial charge is 0.247 e. The highest BCUT2D eigenvalue weighted by Gasteiger charge is 1.99. The molecular formula is C12H7FN2S2. The summed E-state index contributed by atoms with van der Waals surface area (Å²) >= 11 is 5.96. The molecule has 0 bridgehead atoms. The van der Waals surface area contributed by atoms with Gasteiger partial charge in [0.1, 0.15) is 10.8 Å². The van der Waals surface area contributed by atoms with Crippen LogP contribution in [0, 0.1) is 5.82 Å². The summed E-state index contributed by atoms with van der Waals surface area (Å²) in [6.45, 7) is 0. The lowest BCUT2D eigenvalue weighted by Gasteiger charge is -2.00. The molecule has 0 aliphatic rings. The van der Waals surface area contributed by atoms with E-state index in [0.29, 0.717) is 5.69 Å². The summed E-state index contributed by atoms with van der Waals surface area (Å²) in [5.41, 5.74) is 0.670. The highest BCUT2D eigenvalue weighted by atomic mass is 32.2. The molecule has 17 heavy (non-hydrogen) atoms. The predicted octanol–water partition coefficient (Wildman–Crippen LogP) is 4.11. The molecule has 0 fully saturated rings. The number of rotatable bonds is 3. The van der Waals surface area contributed by atoms with Gasteiger partial charge in [-0.3, -0.25) is 0 Å². The van der Waals surface area contributed by atoms with Crippen LogP contribution < -0.4 is 0 Å². The highest BCUT2D eigenvalue weighted by molar-refractivity contribution is 7.99. The summed E-state index contributed by atoms with van der Waals surface area (Å²) in [6.07, 6.45) is 1.62. The van der Waals surface area contributed by atoms with Crippen LogP contribution in [0.3, 0.4) is 0 Å². The zero-order chi connectivity index (χ0) is 12.1. The molecule has 0 saturated carbocycles. The molecule has 1 aromatic heterocycles. The van der Waals surface area contributed by atoms with Crippen LogP contribution in [0.1, 0.15) is 0 Å². The lowest BCUT2D eigenvalue weighted by molar-refractivity contribution is 0.626. The Kier molecular flexibility index (Phi) is 3.98. The molecule has 0 spiro atoms. The number of benzene rings is 1. The first-order valence-corrected chi connectivity index (χ1v) is 5.98. The van der Waals surface area contributed by atoms with Gasteiger partial charge in [-0.15, -0.1) is 0 Å². The van der Waals surface area contributed by atoms with Gasteiger partial charge in [0.25, 0.3) is 0 Å². The maximum atomic E-state index is 12.7. The fraction of sp³-hybridized carbons (Fsp3) is 0. The van der Waals surface area contributed by atoms with Gasteiger partial charge in [-0.05, 0) is 48.6 Å². The zero-order valence-electron chi connectivity index (χ0n) is 8.63. The average molecular weight is 262 g/mol. The predicted molar refractivity (Wildman–Crippen MR) is 69.4 cm³/mol. The maximum absolute atomic E-state index is 12.7. The number of isothiocyanates is 1. The molecule has 2 rings (SSSR count). The van der Waals surface area contributed by atoms with Crippen molar-refractivity contribution in [3.05, 3.63) is 48.4 Å². The zero-order valence-corrected chi connectivity index (χ0v) is 10.3. The van der Waals surface area contributed by atoms with Crippen molar-refractivity contribution in [2.24, 2.45) is 4.99 Å². The second-order valence-corrected chi connectivity index (χ2v) is 4.39.